The number of aromatic nitrogens is 1. The third kappa shape index (κ3) is 3.30. The number of nitrogens with two attached hydrogens (primary N) is 1. The number of carbonyl (C=O) groups excluding carboxylic acids is 1. The number of sulfonamides is 1. The largest absolute Gasteiger partial charge is 0.504 e. The molecule has 0 radical (unpaired) electrons. The summed E-state index contributed by atoms with van der Waals surface area (Å²) in [6.07, 6.45) is 1.21. The summed E-state index contributed by atoms with van der Waals surface area (Å²) in [4.78, 5) is 11.1. The van der Waals surface area contributed by atoms with Crippen LogP contribution in [0, 0.1) is 6.92 Å². The van der Waals surface area contributed by atoms with Gasteiger partial charge in [-0.15, -0.1) is 0 Å². The Kier molecular flexibility index (Phi) is 4.26. The third-order valence-electron chi connectivity index (χ3n) is 2.61. The number of phenols is 1. The van der Waals surface area contributed by atoms with E-state index in [2.05, 4.69) is 20.3 Å². The minimum Gasteiger partial charge on any atom is -0.504 e. The van der Waals surface area contributed by atoms with Crippen molar-refractivity contribution in [1.82, 2.24) is 5.16 Å². The maximum absolute atomic E-state index is 11.8. The number of amides is 2. The van der Waals surface area contributed by atoms with Gasteiger partial charge in [0.1, 0.15) is 22.5 Å². The lowest BCUT2D eigenvalue weighted by Crippen LogP contribution is -2.20. The lowest BCUT2D eigenvalue weighted by atomic mass is 10.3. The van der Waals surface area contributed by atoms with Crippen LogP contribution in [-0.4, -0.2) is 24.7 Å². The summed E-state index contributed by atoms with van der Waals surface area (Å²) in [6.45, 7) is 1.61. The van der Waals surface area contributed by atoms with Gasteiger partial charge in [0.15, 0.2) is 5.75 Å². The number of aryl methyl sites for hydroxylation is 1. The minimum atomic E-state index is -4.26. The van der Waals surface area contributed by atoms with Gasteiger partial charge in [0, 0.05) is 0 Å². The first-order valence-electron chi connectivity index (χ1n) is 5.73. The number of anilines is 2. The Hall–Kier alpha value is -2.30. The molecule has 9 nitrogen and oxygen atoms in total. The van der Waals surface area contributed by atoms with Gasteiger partial charge >= 0.3 is 6.03 Å². The number of primary sulfonamides is 1. The first-order chi connectivity index (χ1) is 10.2. The molecule has 118 valence electrons. The maximum Gasteiger partial charge on any atom is 0.323 e. The monoisotopic (exact) mass is 346 g/mol. The molecule has 0 bridgehead atoms. The minimum absolute atomic E-state index is 0.181. The van der Waals surface area contributed by atoms with Gasteiger partial charge in [-0.1, -0.05) is 16.8 Å². The first kappa shape index (κ1) is 16.1. The van der Waals surface area contributed by atoms with Crippen molar-refractivity contribution in [2.45, 2.75) is 11.8 Å². The molecular weight excluding hydrogens is 336 g/mol. The molecule has 0 saturated heterocycles. The molecule has 11 heteroatoms. The first-order valence-corrected chi connectivity index (χ1v) is 7.66. The van der Waals surface area contributed by atoms with Gasteiger partial charge in [-0.3, -0.25) is 0 Å². The van der Waals surface area contributed by atoms with Crippen molar-refractivity contribution in [3.8, 4) is 5.75 Å². The number of phenolic OH excluding ortho intramolecular Hbond substituents is 1. The second kappa shape index (κ2) is 5.83. The van der Waals surface area contributed by atoms with Crippen molar-refractivity contribution in [3.05, 3.63) is 29.1 Å². The van der Waals surface area contributed by atoms with Crippen LogP contribution in [0.3, 0.4) is 0 Å². The normalized spacial score (nSPS) is 11.2. The number of urea groups is 1. The summed E-state index contributed by atoms with van der Waals surface area (Å²) in [5, 5.41) is 22.9. The van der Waals surface area contributed by atoms with Gasteiger partial charge in [-0.25, -0.2) is 18.4 Å². The maximum atomic E-state index is 11.8. The van der Waals surface area contributed by atoms with Crippen LogP contribution in [0.4, 0.5) is 16.2 Å². The van der Waals surface area contributed by atoms with Crippen molar-refractivity contribution >= 4 is 39.0 Å². The second-order valence-electron chi connectivity index (χ2n) is 4.21. The molecule has 2 aromatic rings. The Morgan fingerprint density at radius 3 is 2.55 bits per heavy atom. The Morgan fingerprint density at radius 2 is 2.00 bits per heavy atom. The zero-order chi connectivity index (χ0) is 16.5. The smallest absolute Gasteiger partial charge is 0.323 e. The van der Waals surface area contributed by atoms with E-state index >= 15 is 0 Å². The quantitative estimate of drug-likeness (QED) is 0.621. The molecule has 2 rings (SSSR count). The van der Waals surface area contributed by atoms with E-state index in [0.717, 1.165) is 0 Å². The van der Waals surface area contributed by atoms with E-state index in [-0.39, 0.29) is 10.7 Å². The van der Waals surface area contributed by atoms with Gasteiger partial charge in [0.05, 0.1) is 10.7 Å². The zero-order valence-corrected chi connectivity index (χ0v) is 12.7. The molecule has 0 saturated carbocycles. The highest BCUT2D eigenvalue weighted by Crippen LogP contribution is 2.36. The molecule has 1 heterocycles. The van der Waals surface area contributed by atoms with E-state index in [1.807, 2.05) is 0 Å². The van der Waals surface area contributed by atoms with Crippen LogP contribution < -0.4 is 15.8 Å². The van der Waals surface area contributed by atoms with E-state index in [0.29, 0.717) is 11.4 Å². The number of aromatic hydroxyl groups is 1. The second-order valence-corrected chi connectivity index (χ2v) is 6.12. The van der Waals surface area contributed by atoms with Gasteiger partial charge in [0.25, 0.3) is 0 Å². The highest BCUT2D eigenvalue weighted by atomic mass is 35.5. The summed E-state index contributed by atoms with van der Waals surface area (Å²) in [6, 6.07) is 1.66. The fraction of sp³-hybridized carbons (Fsp3) is 0.0909. The number of hydrogen-bond acceptors (Lipinski definition) is 6. The van der Waals surface area contributed by atoms with Crippen LogP contribution in [0.25, 0.3) is 0 Å². The summed E-state index contributed by atoms with van der Waals surface area (Å²) >= 11 is 5.69. The molecule has 5 N–H and O–H groups in total. The summed E-state index contributed by atoms with van der Waals surface area (Å²) < 4.78 is 27.4. The van der Waals surface area contributed by atoms with Gasteiger partial charge in [-0.2, -0.15) is 0 Å². The fourth-order valence-corrected chi connectivity index (χ4v) is 2.80. The van der Waals surface area contributed by atoms with Gasteiger partial charge < -0.3 is 20.3 Å². The van der Waals surface area contributed by atoms with E-state index < -0.39 is 26.7 Å². The molecule has 0 atom stereocenters. The average Bonchev–Trinajstić information content (AvgIpc) is 2.77. The van der Waals surface area contributed by atoms with Crippen molar-refractivity contribution in [3.63, 3.8) is 0 Å². The summed E-state index contributed by atoms with van der Waals surface area (Å²) in [5.74, 6) is -0.757. The number of nitrogens with zero attached hydrogens (tertiary/aromatic N) is 1. The van der Waals surface area contributed by atoms with E-state index in [9.17, 15) is 18.3 Å². The van der Waals surface area contributed by atoms with E-state index in [4.69, 9.17) is 16.7 Å². The molecule has 0 fully saturated rings. The van der Waals surface area contributed by atoms with Crippen LogP contribution in [0.2, 0.25) is 5.02 Å². The Bertz CT molecular complexity index is 833. The number of carbonyl (C=O) groups is 1. The SMILES string of the molecule is Cc1nocc1NC(=O)Nc1ccc(Cl)c(S(N)(=O)=O)c1O. The molecular formula is C11H11ClN4O5S. The molecule has 2 amide bonds. The summed E-state index contributed by atoms with van der Waals surface area (Å²) in [5.41, 5.74) is 0.582. The van der Waals surface area contributed by atoms with Crippen LogP contribution in [-0.2, 0) is 10.0 Å². The average molecular weight is 347 g/mol. The fourth-order valence-electron chi connectivity index (χ4n) is 1.61. The number of benzene rings is 1. The van der Waals surface area contributed by atoms with Crippen LogP contribution in [0.15, 0.2) is 27.8 Å². The van der Waals surface area contributed by atoms with Crippen LogP contribution >= 0.6 is 11.6 Å². The Balaban J connectivity index is 2.27. The van der Waals surface area contributed by atoms with Crippen molar-refractivity contribution < 1.29 is 22.8 Å². The Morgan fingerprint density at radius 1 is 1.36 bits per heavy atom. The highest BCUT2D eigenvalue weighted by molar-refractivity contribution is 7.89. The molecule has 0 unspecified atom stereocenters. The lowest BCUT2D eigenvalue weighted by Gasteiger charge is -2.11. The zero-order valence-electron chi connectivity index (χ0n) is 11.1. The van der Waals surface area contributed by atoms with Gasteiger partial charge in [-0.05, 0) is 19.1 Å². The van der Waals surface area contributed by atoms with E-state index in [1.165, 1.54) is 18.4 Å². The van der Waals surface area contributed by atoms with Gasteiger partial charge in [0.2, 0.25) is 10.0 Å². The van der Waals surface area contributed by atoms with Crippen molar-refractivity contribution in [2.24, 2.45) is 5.14 Å². The standard InChI is InChI=1S/C11H11ClN4O5S/c1-5-8(4-21-16-5)15-11(18)14-7-3-2-6(12)10(9(7)17)22(13,19)20/h2-4,17H,1H3,(H2,13,19,20)(H2,14,15,18). The number of halogens is 1. The third-order valence-corrected chi connectivity index (χ3v) is 4.02. The lowest BCUT2D eigenvalue weighted by molar-refractivity contribution is 0.262. The predicted octanol–water partition coefficient (Wildman–Crippen LogP) is 1.63. The highest BCUT2D eigenvalue weighted by Gasteiger charge is 2.22. The molecule has 0 spiro atoms. The van der Waals surface area contributed by atoms with Crippen LogP contribution in [0.1, 0.15) is 5.69 Å². The predicted molar refractivity (Wildman–Crippen MR) is 78.4 cm³/mol. The molecule has 1 aromatic carbocycles. The molecule has 22 heavy (non-hydrogen) atoms. The number of rotatable bonds is 3. The van der Waals surface area contributed by atoms with Crippen LogP contribution in [0.5, 0.6) is 5.75 Å². The number of hydrogen-bond donors (Lipinski definition) is 4. The topological polar surface area (TPSA) is 148 Å². The Labute approximate surface area is 130 Å². The molecule has 1 aromatic heterocycles. The van der Waals surface area contributed by atoms with Crippen molar-refractivity contribution in [2.75, 3.05) is 10.6 Å². The molecule has 0 aliphatic rings. The molecule has 0 aliphatic heterocycles. The summed E-state index contributed by atoms with van der Waals surface area (Å²) in [7, 11) is -4.26. The van der Waals surface area contributed by atoms with Crippen molar-refractivity contribution in [1.29, 1.82) is 0 Å². The van der Waals surface area contributed by atoms with E-state index in [1.54, 1.807) is 6.92 Å². The molecule has 0 aliphatic carbocycles. The number of nitrogens with one attached hydrogen (secondary N) is 2.